The van der Waals surface area contributed by atoms with Gasteiger partial charge in [-0.2, -0.15) is 0 Å². The standard InChI is InChI=1S/C28H35N5O5/c1-36-12-13-38-27-16-21-20(14-26(27)37-2)28(30-18-29-21)31-22-15-25(35)23(17-24(22)34)33-10-6-19(7-11-33)32-8-4-3-5-9-32/h14,16-19H,3-13,15H2,1-2H3. The van der Waals surface area contributed by atoms with Gasteiger partial charge in [0.1, 0.15) is 12.9 Å². The Kier molecular flexibility index (Phi) is 8.29. The highest BCUT2D eigenvalue weighted by atomic mass is 16.5. The first kappa shape index (κ1) is 26.2. The molecule has 1 aromatic heterocycles. The number of allylic oxidation sites excluding steroid dienone is 2. The highest BCUT2D eigenvalue weighted by Gasteiger charge is 2.32. The fraction of sp³-hybridized carbons (Fsp3) is 0.536. The molecule has 0 spiro atoms. The van der Waals surface area contributed by atoms with Gasteiger partial charge < -0.3 is 24.0 Å². The Balaban J connectivity index is 1.32. The van der Waals surface area contributed by atoms with Crippen molar-refractivity contribution < 1.29 is 23.8 Å². The Morgan fingerprint density at radius 3 is 2.50 bits per heavy atom. The van der Waals surface area contributed by atoms with Crippen molar-refractivity contribution in [2.24, 2.45) is 4.99 Å². The lowest BCUT2D eigenvalue weighted by Crippen LogP contribution is -2.47. The second-order valence-corrected chi connectivity index (χ2v) is 9.93. The Morgan fingerprint density at radius 2 is 1.76 bits per heavy atom. The fourth-order valence-electron chi connectivity index (χ4n) is 5.51. The first-order valence-corrected chi connectivity index (χ1v) is 13.4. The maximum Gasteiger partial charge on any atom is 0.202 e. The summed E-state index contributed by atoms with van der Waals surface area (Å²) in [7, 11) is 3.15. The van der Waals surface area contributed by atoms with E-state index in [1.54, 1.807) is 26.4 Å². The average molecular weight is 522 g/mol. The van der Waals surface area contributed by atoms with E-state index < -0.39 is 0 Å². The number of piperidine rings is 2. The lowest BCUT2D eigenvalue weighted by atomic mass is 9.95. The van der Waals surface area contributed by atoms with Crippen LogP contribution >= 0.6 is 0 Å². The molecule has 10 nitrogen and oxygen atoms in total. The van der Waals surface area contributed by atoms with E-state index in [2.05, 4.69) is 24.8 Å². The molecule has 5 rings (SSSR count). The molecule has 0 saturated carbocycles. The summed E-state index contributed by atoms with van der Waals surface area (Å²) in [5, 5.41) is 0.603. The second kappa shape index (κ2) is 12.0. The van der Waals surface area contributed by atoms with Crippen molar-refractivity contribution in [1.82, 2.24) is 19.8 Å². The maximum absolute atomic E-state index is 13.1. The zero-order chi connectivity index (χ0) is 26.5. The number of carbonyl (C=O) groups excluding carboxylic acids is 2. The van der Waals surface area contributed by atoms with Gasteiger partial charge in [0.05, 0.1) is 37.1 Å². The molecule has 2 fully saturated rings. The molecule has 0 amide bonds. The molecule has 2 saturated heterocycles. The van der Waals surface area contributed by atoms with Gasteiger partial charge in [0.25, 0.3) is 0 Å². The molecular weight excluding hydrogens is 486 g/mol. The number of rotatable bonds is 8. The van der Waals surface area contributed by atoms with Crippen molar-refractivity contribution in [1.29, 1.82) is 0 Å². The van der Waals surface area contributed by atoms with E-state index >= 15 is 0 Å². The zero-order valence-corrected chi connectivity index (χ0v) is 22.1. The zero-order valence-electron chi connectivity index (χ0n) is 22.1. The van der Waals surface area contributed by atoms with Crippen LogP contribution in [0.4, 0.5) is 5.82 Å². The Bertz CT molecular complexity index is 1250. The van der Waals surface area contributed by atoms with Gasteiger partial charge in [-0.1, -0.05) is 6.42 Å². The SMILES string of the molecule is COCCOc1cc2ncnc(N=C3CC(=O)C(N4CCC(N5CCCCC5)CC4)=CC3=O)c2cc1OC. The highest BCUT2D eigenvalue weighted by molar-refractivity contribution is 6.50. The smallest absolute Gasteiger partial charge is 0.202 e. The first-order valence-electron chi connectivity index (χ1n) is 13.4. The van der Waals surface area contributed by atoms with Gasteiger partial charge >= 0.3 is 0 Å². The number of ether oxygens (including phenoxy) is 3. The van der Waals surface area contributed by atoms with Gasteiger partial charge in [-0.15, -0.1) is 0 Å². The molecule has 0 atom stereocenters. The third-order valence-corrected chi connectivity index (χ3v) is 7.56. The van der Waals surface area contributed by atoms with Crippen LogP contribution in [0.3, 0.4) is 0 Å². The third-order valence-electron chi connectivity index (χ3n) is 7.56. The number of hydrogen-bond donors (Lipinski definition) is 0. The predicted molar refractivity (Wildman–Crippen MR) is 143 cm³/mol. The van der Waals surface area contributed by atoms with Crippen LogP contribution in [0.2, 0.25) is 0 Å². The number of nitrogens with zero attached hydrogens (tertiary/aromatic N) is 5. The topological polar surface area (TPSA) is 106 Å². The van der Waals surface area contributed by atoms with Crippen molar-refractivity contribution in [3.63, 3.8) is 0 Å². The lowest BCUT2D eigenvalue weighted by molar-refractivity contribution is -0.118. The number of carbonyl (C=O) groups is 2. The van der Waals surface area contributed by atoms with Gasteiger partial charge in [-0.05, 0) is 44.8 Å². The van der Waals surface area contributed by atoms with E-state index in [9.17, 15) is 9.59 Å². The Morgan fingerprint density at radius 1 is 0.974 bits per heavy atom. The summed E-state index contributed by atoms with van der Waals surface area (Å²) in [6, 6.07) is 4.06. The molecule has 0 N–H and O–H groups in total. The number of hydrogen-bond acceptors (Lipinski definition) is 10. The monoisotopic (exact) mass is 521 g/mol. The van der Waals surface area contributed by atoms with E-state index in [0.29, 0.717) is 53.2 Å². The van der Waals surface area contributed by atoms with Crippen LogP contribution in [0, 0.1) is 0 Å². The Hall–Kier alpha value is -3.37. The number of benzene rings is 1. The molecule has 0 bridgehead atoms. The van der Waals surface area contributed by atoms with Crippen LogP contribution in [0.1, 0.15) is 38.5 Å². The normalized spacial score (nSPS) is 20.7. The van der Waals surface area contributed by atoms with Crippen molar-refractivity contribution in [2.45, 2.75) is 44.6 Å². The van der Waals surface area contributed by atoms with Gasteiger partial charge in [0, 0.05) is 43.8 Å². The molecule has 3 aliphatic rings. The molecule has 3 heterocycles. The average Bonchev–Trinajstić information content (AvgIpc) is 2.95. The van der Waals surface area contributed by atoms with Gasteiger partial charge in [-0.25, -0.2) is 15.0 Å². The van der Waals surface area contributed by atoms with Crippen molar-refractivity contribution in [3.05, 3.63) is 30.2 Å². The minimum Gasteiger partial charge on any atom is -0.493 e. The number of fused-ring (bicyclic) bond motifs is 1. The number of ketones is 2. The van der Waals surface area contributed by atoms with Crippen LogP contribution in [0.25, 0.3) is 10.9 Å². The Labute approximate surface area is 222 Å². The maximum atomic E-state index is 13.1. The minimum absolute atomic E-state index is 0.0441. The number of likely N-dealkylation sites (tertiary alicyclic amines) is 2. The van der Waals surface area contributed by atoms with E-state index in [0.717, 1.165) is 25.9 Å². The van der Waals surface area contributed by atoms with Gasteiger partial charge in [0.15, 0.2) is 23.1 Å². The van der Waals surface area contributed by atoms with Crippen molar-refractivity contribution in [3.8, 4) is 11.5 Å². The van der Waals surface area contributed by atoms with Crippen LogP contribution in [-0.2, 0) is 14.3 Å². The highest BCUT2D eigenvalue weighted by Crippen LogP contribution is 2.35. The molecule has 2 aliphatic heterocycles. The van der Waals surface area contributed by atoms with Gasteiger partial charge in [-0.3, -0.25) is 9.59 Å². The quantitative estimate of drug-likeness (QED) is 0.484. The van der Waals surface area contributed by atoms with E-state index in [1.165, 1.54) is 44.8 Å². The summed E-state index contributed by atoms with van der Waals surface area (Å²) in [5.74, 6) is 0.994. The number of aliphatic imine (C=N–C) groups is 1. The molecule has 0 radical (unpaired) electrons. The fourth-order valence-corrected chi connectivity index (χ4v) is 5.51. The molecular formula is C28H35N5O5. The first-order chi connectivity index (χ1) is 18.6. The van der Waals surface area contributed by atoms with Crippen LogP contribution in [-0.4, -0.2) is 96.7 Å². The lowest BCUT2D eigenvalue weighted by Gasteiger charge is -2.41. The second-order valence-electron chi connectivity index (χ2n) is 9.93. The summed E-state index contributed by atoms with van der Waals surface area (Å²) in [5.41, 5.74) is 1.29. The summed E-state index contributed by atoms with van der Waals surface area (Å²) in [6.45, 7) is 4.74. The minimum atomic E-state index is -0.254. The molecule has 10 heteroatoms. The molecule has 38 heavy (non-hydrogen) atoms. The molecule has 1 aliphatic carbocycles. The number of methoxy groups -OCH3 is 2. The van der Waals surface area contributed by atoms with Crippen LogP contribution in [0.15, 0.2) is 35.2 Å². The molecule has 202 valence electrons. The summed E-state index contributed by atoms with van der Waals surface area (Å²) >= 11 is 0. The van der Waals surface area contributed by atoms with Crippen LogP contribution < -0.4 is 9.47 Å². The molecule has 0 unspecified atom stereocenters. The van der Waals surface area contributed by atoms with Crippen molar-refractivity contribution >= 4 is 34.0 Å². The largest absolute Gasteiger partial charge is 0.493 e. The summed E-state index contributed by atoms with van der Waals surface area (Å²) in [6.07, 6.45) is 8.71. The molecule has 2 aromatic rings. The predicted octanol–water partition coefficient (Wildman–Crippen LogP) is 3.11. The van der Waals surface area contributed by atoms with E-state index in [1.807, 2.05) is 0 Å². The number of Topliss-reactive ketones (excluding diaryl/α,β-unsaturated/α-hetero) is 1. The summed E-state index contributed by atoms with van der Waals surface area (Å²) in [4.78, 5) is 44.0. The summed E-state index contributed by atoms with van der Waals surface area (Å²) < 4.78 is 16.3. The van der Waals surface area contributed by atoms with E-state index in [4.69, 9.17) is 14.2 Å². The van der Waals surface area contributed by atoms with Crippen molar-refractivity contribution in [2.75, 3.05) is 53.6 Å². The van der Waals surface area contributed by atoms with E-state index in [-0.39, 0.29) is 23.7 Å². The number of aromatic nitrogens is 2. The molecule has 1 aromatic carbocycles. The van der Waals surface area contributed by atoms with Crippen LogP contribution in [0.5, 0.6) is 11.5 Å². The van der Waals surface area contributed by atoms with Gasteiger partial charge in [0.2, 0.25) is 5.78 Å². The third kappa shape index (κ3) is 5.71.